The number of esters is 1. The van der Waals surface area contributed by atoms with E-state index in [1.54, 1.807) is 48.5 Å². The van der Waals surface area contributed by atoms with E-state index in [0.29, 0.717) is 22.4 Å². The van der Waals surface area contributed by atoms with Gasteiger partial charge in [-0.1, -0.05) is 36.4 Å². The molecule has 0 fully saturated rings. The van der Waals surface area contributed by atoms with Crippen molar-refractivity contribution in [3.05, 3.63) is 132 Å². The highest BCUT2D eigenvalue weighted by Gasteiger charge is 2.47. The molecule has 40 heavy (non-hydrogen) atoms. The van der Waals surface area contributed by atoms with E-state index in [1.165, 1.54) is 42.9 Å². The van der Waals surface area contributed by atoms with Crippen LogP contribution in [0.2, 0.25) is 0 Å². The summed E-state index contributed by atoms with van der Waals surface area (Å²) in [5.41, 5.74) is 1.41. The first-order valence-corrected chi connectivity index (χ1v) is 12.3. The summed E-state index contributed by atoms with van der Waals surface area (Å²) in [6, 6.07) is 18.5. The Kier molecular flexibility index (Phi) is 5.65. The quantitative estimate of drug-likeness (QED) is 0.169. The standard InChI is InChI=1S/C29H20N4O7/c1-31-26-23(27(35)32(2)29(31)37)21(22-24(30-26)19-5-3-4-6-20(19)25(22)34)15-9-13-18(14-10-15)40-28(36)16-7-11-17(12-8-16)33(38)39/h3-14,21-22H,1-2H3/t21-,22+/m0/s1. The topological polar surface area (TPSA) is 143 Å². The summed E-state index contributed by atoms with van der Waals surface area (Å²) in [4.78, 5) is 67.4. The molecule has 11 heteroatoms. The number of Topliss-reactive ketones (excluding diaryl/α,β-unsaturated/α-hetero) is 1. The number of non-ortho nitro benzene ring substituents is 1. The van der Waals surface area contributed by atoms with Gasteiger partial charge >= 0.3 is 11.7 Å². The molecule has 1 aliphatic carbocycles. The molecule has 2 aliphatic rings. The number of hydrogen-bond acceptors (Lipinski definition) is 8. The van der Waals surface area contributed by atoms with Gasteiger partial charge in [0.25, 0.3) is 11.2 Å². The highest BCUT2D eigenvalue weighted by atomic mass is 16.6. The Morgan fingerprint density at radius 2 is 1.52 bits per heavy atom. The molecule has 11 nitrogen and oxygen atoms in total. The van der Waals surface area contributed by atoms with E-state index in [4.69, 9.17) is 4.74 Å². The van der Waals surface area contributed by atoms with Crippen LogP contribution in [0.4, 0.5) is 11.5 Å². The minimum absolute atomic E-state index is 0.135. The van der Waals surface area contributed by atoms with Gasteiger partial charge < -0.3 is 4.74 Å². The van der Waals surface area contributed by atoms with Crippen molar-refractivity contribution in [2.24, 2.45) is 25.0 Å². The summed E-state index contributed by atoms with van der Waals surface area (Å²) < 4.78 is 7.74. The fraction of sp³-hybridized carbons (Fsp3) is 0.138. The first-order chi connectivity index (χ1) is 19.2. The number of hydrogen-bond donors (Lipinski definition) is 0. The third-order valence-electron chi connectivity index (χ3n) is 7.35. The Hall–Kier alpha value is -5.45. The second-order valence-corrected chi connectivity index (χ2v) is 9.57. The Morgan fingerprint density at radius 3 is 2.17 bits per heavy atom. The zero-order chi connectivity index (χ0) is 28.3. The number of nitro benzene ring substituents is 1. The maximum atomic E-state index is 13.6. The van der Waals surface area contributed by atoms with Crippen molar-refractivity contribution in [1.29, 1.82) is 0 Å². The van der Waals surface area contributed by atoms with Gasteiger partial charge in [0.05, 0.1) is 27.7 Å². The maximum absolute atomic E-state index is 13.6. The number of carbonyl (C=O) groups excluding carboxylic acids is 2. The number of rotatable bonds is 4. The largest absolute Gasteiger partial charge is 0.423 e. The average molecular weight is 537 g/mol. The van der Waals surface area contributed by atoms with Gasteiger partial charge in [-0.15, -0.1) is 0 Å². The van der Waals surface area contributed by atoms with Crippen molar-refractivity contribution >= 4 is 29.0 Å². The Labute approximate surface area is 225 Å². The lowest BCUT2D eigenvalue weighted by Crippen LogP contribution is -2.43. The zero-order valence-corrected chi connectivity index (χ0v) is 21.2. The van der Waals surface area contributed by atoms with Crippen LogP contribution in [0.3, 0.4) is 0 Å². The molecule has 1 aromatic heterocycles. The third kappa shape index (κ3) is 3.70. The van der Waals surface area contributed by atoms with Gasteiger partial charge in [0.1, 0.15) is 11.6 Å². The van der Waals surface area contributed by atoms with Crippen LogP contribution < -0.4 is 16.0 Å². The number of fused-ring (bicyclic) bond motifs is 4. The van der Waals surface area contributed by atoms with Crippen molar-refractivity contribution in [2.75, 3.05) is 0 Å². The van der Waals surface area contributed by atoms with Crippen molar-refractivity contribution in [3.63, 3.8) is 0 Å². The molecule has 1 aliphatic heterocycles. The zero-order valence-electron chi connectivity index (χ0n) is 21.2. The van der Waals surface area contributed by atoms with Crippen molar-refractivity contribution in [3.8, 4) is 5.75 Å². The Morgan fingerprint density at radius 1 is 0.875 bits per heavy atom. The Bertz CT molecular complexity index is 1900. The van der Waals surface area contributed by atoms with E-state index < -0.39 is 34.0 Å². The second kappa shape index (κ2) is 9.09. The van der Waals surface area contributed by atoms with Crippen LogP contribution in [0, 0.1) is 16.0 Å². The SMILES string of the molecule is Cn1c2c(c(=O)n(C)c1=O)[C@@H](c1ccc(OC(=O)c3ccc([N+](=O)[O-])cc3)cc1)[C@H]1C(=O)c3ccccc3C1=N2. The van der Waals surface area contributed by atoms with Crippen LogP contribution in [-0.2, 0) is 14.1 Å². The van der Waals surface area contributed by atoms with Crippen molar-refractivity contribution in [1.82, 2.24) is 9.13 Å². The molecular weight excluding hydrogens is 516 g/mol. The smallest absolute Gasteiger partial charge is 0.343 e. The molecule has 0 bridgehead atoms. The lowest BCUT2D eigenvalue weighted by Gasteiger charge is -2.30. The van der Waals surface area contributed by atoms with E-state index in [2.05, 4.69) is 4.99 Å². The predicted molar refractivity (Wildman–Crippen MR) is 144 cm³/mol. The normalized spacial score (nSPS) is 16.9. The summed E-state index contributed by atoms with van der Waals surface area (Å²) >= 11 is 0. The number of ether oxygens (including phenoxy) is 1. The van der Waals surface area contributed by atoms with Gasteiger partial charge in [0.2, 0.25) is 0 Å². The molecule has 6 rings (SSSR count). The second-order valence-electron chi connectivity index (χ2n) is 9.57. The molecule has 0 unspecified atom stereocenters. The van der Waals surface area contributed by atoms with Crippen LogP contribution in [0.5, 0.6) is 5.75 Å². The van der Waals surface area contributed by atoms with Gasteiger partial charge in [0, 0.05) is 43.3 Å². The van der Waals surface area contributed by atoms with Crippen LogP contribution in [0.1, 0.15) is 43.3 Å². The summed E-state index contributed by atoms with van der Waals surface area (Å²) in [5.74, 6) is -2.00. The fourth-order valence-corrected chi connectivity index (χ4v) is 5.35. The molecule has 0 radical (unpaired) electrons. The van der Waals surface area contributed by atoms with Crippen molar-refractivity contribution < 1.29 is 19.2 Å². The van der Waals surface area contributed by atoms with E-state index >= 15 is 0 Å². The molecule has 0 saturated heterocycles. The summed E-state index contributed by atoms with van der Waals surface area (Å²) in [6.07, 6.45) is 0. The molecule has 0 N–H and O–H groups in total. The number of nitro groups is 1. The van der Waals surface area contributed by atoms with E-state index in [1.807, 2.05) is 0 Å². The van der Waals surface area contributed by atoms with Gasteiger partial charge in [-0.25, -0.2) is 14.6 Å². The van der Waals surface area contributed by atoms with Gasteiger partial charge in [-0.05, 0) is 29.8 Å². The molecule has 4 aromatic rings. The Balaban J connectivity index is 1.41. The monoisotopic (exact) mass is 536 g/mol. The lowest BCUT2D eigenvalue weighted by atomic mass is 9.76. The molecular formula is C29H20N4O7. The van der Waals surface area contributed by atoms with Crippen LogP contribution in [0.25, 0.3) is 0 Å². The minimum atomic E-state index is -0.774. The van der Waals surface area contributed by atoms with Gasteiger partial charge in [0.15, 0.2) is 5.78 Å². The number of benzene rings is 3. The van der Waals surface area contributed by atoms with Crippen molar-refractivity contribution in [2.45, 2.75) is 5.92 Å². The van der Waals surface area contributed by atoms with E-state index in [9.17, 15) is 29.3 Å². The van der Waals surface area contributed by atoms with Crippen LogP contribution in [0.15, 0.2) is 87.4 Å². The third-order valence-corrected chi connectivity index (χ3v) is 7.35. The minimum Gasteiger partial charge on any atom is -0.423 e. The first-order valence-electron chi connectivity index (χ1n) is 12.3. The molecule has 0 amide bonds. The molecule has 2 atom stereocenters. The van der Waals surface area contributed by atoms with Crippen LogP contribution >= 0.6 is 0 Å². The highest BCUT2D eigenvalue weighted by Crippen LogP contribution is 2.46. The summed E-state index contributed by atoms with van der Waals surface area (Å²) in [7, 11) is 2.92. The first kappa shape index (κ1) is 24.9. The number of ketones is 1. The summed E-state index contributed by atoms with van der Waals surface area (Å²) in [5, 5.41) is 10.9. The highest BCUT2D eigenvalue weighted by molar-refractivity contribution is 6.30. The van der Waals surface area contributed by atoms with Gasteiger partial charge in [-0.2, -0.15) is 0 Å². The number of aromatic nitrogens is 2. The average Bonchev–Trinajstić information content (AvgIpc) is 3.26. The van der Waals surface area contributed by atoms with Gasteiger partial charge in [-0.3, -0.25) is 28.8 Å². The van der Waals surface area contributed by atoms with E-state index in [0.717, 1.165) is 4.57 Å². The number of carbonyl (C=O) groups is 2. The maximum Gasteiger partial charge on any atom is 0.343 e. The molecule has 0 spiro atoms. The molecule has 3 aromatic carbocycles. The fourth-order valence-electron chi connectivity index (χ4n) is 5.35. The summed E-state index contributed by atoms with van der Waals surface area (Å²) in [6.45, 7) is 0. The molecule has 2 heterocycles. The van der Waals surface area contributed by atoms with E-state index in [-0.39, 0.29) is 34.2 Å². The molecule has 198 valence electrons. The number of nitrogens with zero attached hydrogens (tertiary/aromatic N) is 4. The number of aliphatic imine (C=N–C) groups is 1. The predicted octanol–water partition coefficient (Wildman–Crippen LogP) is 3.29. The molecule has 0 saturated carbocycles. The lowest BCUT2D eigenvalue weighted by molar-refractivity contribution is -0.384. The van der Waals surface area contributed by atoms with Crippen LogP contribution in [-0.4, -0.2) is 31.5 Å².